The van der Waals surface area contributed by atoms with E-state index in [1.54, 1.807) is 12.1 Å². The maximum absolute atomic E-state index is 13.3. The minimum absolute atomic E-state index is 0.236. The Labute approximate surface area is 113 Å². The molecule has 1 aromatic carbocycles. The van der Waals surface area contributed by atoms with E-state index in [0.29, 0.717) is 19.1 Å². The Kier molecular flexibility index (Phi) is 4.20. The number of halogens is 1. The summed E-state index contributed by atoms with van der Waals surface area (Å²) in [5.74, 6) is -1.27. The molecule has 1 aliphatic rings. The van der Waals surface area contributed by atoms with E-state index in [4.69, 9.17) is 5.11 Å². The zero-order valence-electron chi connectivity index (χ0n) is 11.4. The quantitative estimate of drug-likeness (QED) is 0.913. The van der Waals surface area contributed by atoms with Crippen LogP contribution >= 0.6 is 0 Å². The highest BCUT2D eigenvalue weighted by molar-refractivity contribution is 5.70. The van der Waals surface area contributed by atoms with Crippen LogP contribution in [0.5, 0.6) is 0 Å². The van der Waals surface area contributed by atoms with Gasteiger partial charge in [0.1, 0.15) is 5.82 Å². The molecule has 0 amide bonds. The third-order valence-electron chi connectivity index (χ3n) is 4.05. The molecule has 1 N–H and O–H groups in total. The summed E-state index contributed by atoms with van der Waals surface area (Å²) in [5.41, 5.74) is 1.99. The number of likely N-dealkylation sites (tertiary alicyclic amines) is 1. The Morgan fingerprint density at radius 2 is 2.21 bits per heavy atom. The van der Waals surface area contributed by atoms with Crippen molar-refractivity contribution in [1.82, 2.24) is 4.90 Å². The molecule has 3 nitrogen and oxygen atoms in total. The van der Waals surface area contributed by atoms with E-state index in [0.717, 1.165) is 24.0 Å². The minimum Gasteiger partial charge on any atom is -0.481 e. The van der Waals surface area contributed by atoms with Gasteiger partial charge in [-0.15, -0.1) is 0 Å². The van der Waals surface area contributed by atoms with Crippen molar-refractivity contribution in [1.29, 1.82) is 0 Å². The van der Waals surface area contributed by atoms with E-state index in [2.05, 4.69) is 11.8 Å². The molecule has 0 saturated carbocycles. The largest absolute Gasteiger partial charge is 0.481 e. The highest BCUT2D eigenvalue weighted by Crippen LogP contribution is 2.25. The van der Waals surface area contributed by atoms with Crippen molar-refractivity contribution in [3.63, 3.8) is 0 Å². The SMILES string of the molecule is Cc1ccc(F)cc1CN1CC(C(=O)O)CCC1C. The topological polar surface area (TPSA) is 40.5 Å². The Hall–Kier alpha value is -1.42. The van der Waals surface area contributed by atoms with Gasteiger partial charge >= 0.3 is 5.97 Å². The van der Waals surface area contributed by atoms with Crippen LogP contribution in [0.4, 0.5) is 4.39 Å². The molecule has 1 aliphatic heterocycles. The van der Waals surface area contributed by atoms with Crippen molar-refractivity contribution in [2.75, 3.05) is 6.54 Å². The lowest BCUT2D eigenvalue weighted by Crippen LogP contribution is -2.43. The lowest BCUT2D eigenvalue weighted by atomic mass is 9.93. The summed E-state index contributed by atoms with van der Waals surface area (Å²) in [4.78, 5) is 13.2. The summed E-state index contributed by atoms with van der Waals surface area (Å²) >= 11 is 0. The smallest absolute Gasteiger partial charge is 0.307 e. The summed E-state index contributed by atoms with van der Waals surface area (Å²) in [6, 6.07) is 5.12. The standard InChI is InChI=1S/C15H20FNO2/c1-10-3-6-14(16)7-13(10)9-17-8-12(15(18)19)5-4-11(17)2/h3,6-7,11-12H,4-5,8-9H2,1-2H3,(H,18,19). The Morgan fingerprint density at radius 3 is 2.89 bits per heavy atom. The number of nitrogens with zero attached hydrogens (tertiary/aromatic N) is 1. The molecule has 19 heavy (non-hydrogen) atoms. The van der Waals surface area contributed by atoms with Gasteiger partial charge < -0.3 is 5.11 Å². The maximum Gasteiger partial charge on any atom is 0.307 e. The molecule has 0 aliphatic carbocycles. The number of piperidine rings is 1. The molecular weight excluding hydrogens is 245 g/mol. The predicted octanol–water partition coefficient (Wildman–Crippen LogP) is 2.82. The van der Waals surface area contributed by atoms with Gasteiger partial charge in [0.15, 0.2) is 0 Å². The van der Waals surface area contributed by atoms with Gasteiger partial charge in [-0.1, -0.05) is 6.07 Å². The average Bonchev–Trinajstić information content (AvgIpc) is 2.36. The second-order valence-electron chi connectivity index (χ2n) is 5.46. The van der Waals surface area contributed by atoms with Crippen LogP contribution in [0, 0.1) is 18.7 Å². The molecule has 104 valence electrons. The van der Waals surface area contributed by atoms with Crippen molar-refractivity contribution in [2.45, 2.75) is 39.3 Å². The van der Waals surface area contributed by atoms with E-state index >= 15 is 0 Å². The van der Waals surface area contributed by atoms with E-state index in [1.165, 1.54) is 6.07 Å². The highest BCUT2D eigenvalue weighted by Gasteiger charge is 2.29. The maximum atomic E-state index is 13.3. The molecular formula is C15H20FNO2. The van der Waals surface area contributed by atoms with Gasteiger partial charge in [0.25, 0.3) is 0 Å². The molecule has 1 saturated heterocycles. The monoisotopic (exact) mass is 265 g/mol. The zero-order chi connectivity index (χ0) is 14.0. The van der Waals surface area contributed by atoms with Gasteiger partial charge in [0.05, 0.1) is 5.92 Å². The first-order valence-electron chi connectivity index (χ1n) is 6.69. The third-order valence-corrected chi connectivity index (χ3v) is 4.05. The van der Waals surface area contributed by atoms with Crippen LogP contribution in [0.1, 0.15) is 30.9 Å². The van der Waals surface area contributed by atoms with Crippen molar-refractivity contribution < 1.29 is 14.3 Å². The van der Waals surface area contributed by atoms with Crippen LogP contribution < -0.4 is 0 Å². The number of aryl methyl sites for hydroxylation is 1. The van der Waals surface area contributed by atoms with E-state index in [1.807, 2.05) is 6.92 Å². The molecule has 1 heterocycles. The summed E-state index contributed by atoms with van der Waals surface area (Å²) in [5, 5.41) is 9.12. The predicted molar refractivity (Wildman–Crippen MR) is 71.4 cm³/mol. The fraction of sp³-hybridized carbons (Fsp3) is 0.533. The average molecular weight is 265 g/mol. The number of aliphatic carboxylic acids is 1. The first kappa shape index (κ1) is 14.0. The van der Waals surface area contributed by atoms with Crippen molar-refractivity contribution in [3.05, 3.63) is 35.1 Å². The van der Waals surface area contributed by atoms with Gasteiger partial charge in [0, 0.05) is 19.1 Å². The number of hydrogen-bond donors (Lipinski definition) is 1. The highest BCUT2D eigenvalue weighted by atomic mass is 19.1. The first-order valence-corrected chi connectivity index (χ1v) is 6.69. The van der Waals surface area contributed by atoms with Gasteiger partial charge in [-0.2, -0.15) is 0 Å². The number of hydrogen-bond acceptors (Lipinski definition) is 2. The van der Waals surface area contributed by atoms with Crippen LogP contribution in [0.2, 0.25) is 0 Å². The second kappa shape index (κ2) is 5.70. The molecule has 0 radical (unpaired) electrons. The number of carboxylic acid groups (broad SMARTS) is 1. The Bertz CT molecular complexity index is 475. The van der Waals surface area contributed by atoms with Gasteiger partial charge in [-0.05, 0) is 49.9 Å². The van der Waals surface area contributed by atoms with Crippen molar-refractivity contribution >= 4 is 5.97 Å². The molecule has 2 atom stereocenters. The van der Waals surface area contributed by atoms with Crippen LogP contribution in [0.25, 0.3) is 0 Å². The van der Waals surface area contributed by atoms with Gasteiger partial charge in [-0.25, -0.2) is 4.39 Å². The summed E-state index contributed by atoms with van der Waals surface area (Å²) in [6.07, 6.45) is 1.61. The molecule has 1 aromatic rings. The number of benzene rings is 1. The minimum atomic E-state index is -0.729. The molecule has 4 heteroatoms. The third kappa shape index (κ3) is 3.32. The Morgan fingerprint density at radius 1 is 1.47 bits per heavy atom. The first-order chi connectivity index (χ1) is 8.97. The molecule has 0 bridgehead atoms. The van der Waals surface area contributed by atoms with Crippen molar-refractivity contribution in [3.8, 4) is 0 Å². The van der Waals surface area contributed by atoms with Crippen LogP contribution in [0.15, 0.2) is 18.2 Å². The molecule has 0 spiro atoms. The number of carboxylic acids is 1. The normalized spacial score (nSPS) is 24.4. The lowest BCUT2D eigenvalue weighted by molar-refractivity contribution is -0.144. The molecule has 2 rings (SSSR count). The van der Waals surface area contributed by atoms with E-state index in [-0.39, 0.29) is 11.7 Å². The molecule has 1 fully saturated rings. The number of rotatable bonds is 3. The molecule has 0 aromatic heterocycles. The van der Waals surface area contributed by atoms with Crippen LogP contribution in [0.3, 0.4) is 0 Å². The van der Waals surface area contributed by atoms with Crippen LogP contribution in [-0.2, 0) is 11.3 Å². The van der Waals surface area contributed by atoms with Crippen LogP contribution in [-0.4, -0.2) is 28.6 Å². The summed E-state index contributed by atoms with van der Waals surface area (Å²) in [6.45, 7) is 5.23. The second-order valence-corrected chi connectivity index (χ2v) is 5.46. The fourth-order valence-electron chi connectivity index (χ4n) is 2.63. The molecule has 2 unspecified atom stereocenters. The van der Waals surface area contributed by atoms with Gasteiger partial charge in [-0.3, -0.25) is 9.69 Å². The Balaban J connectivity index is 2.12. The number of carbonyl (C=O) groups is 1. The van der Waals surface area contributed by atoms with E-state index in [9.17, 15) is 9.18 Å². The van der Waals surface area contributed by atoms with Crippen molar-refractivity contribution in [2.24, 2.45) is 5.92 Å². The zero-order valence-corrected chi connectivity index (χ0v) is 11.4. The lowest BCUT2D eigenvalue weighted by Gasteiger charge is -2.36. The van der Waals surface area contributed by atoms with E-state index < -0.39 is 5.97 Å². The summed E-state index contributed by atoms with van der Waals surface area (Å²) in [7, 11) is 0. The van der Waals surface area contributed by atoms with Gasteiger partial charge in [0.2, 0.25) is 0 Å². The fourth-order valence-corrected chi connectivity index (χ4v) is 2.63. The summed E-state index contributed by atoms with van der Waals surface area (Å²) < 4.78 is 13.3.